The number of alkyl halides is 13. The van der Waals surface area contributed by atoms with Crippen molar-refractivity contribution in [3.63, 3.8) is 0 Å². The molecule has 2 aliphatic heterocycles. The van der Waals surface area contributed by atoms with E-state index in [2.05, 4.69) is 21.2 Å². The minimum Gasteiger partial charge on any atom is -0.438 e. The Morgan fingerprint density at radius 3 is 1.64 bits per heavy atom. The molecule has 2 aliphatic rings. The summed E-state index contributed by atoms with van der Waals surface area (Å²) in [7, 11) is -8.61. The lowest BCUT2D eigenvalue weighted by Crippen LogP contribution is -2.48. The highest BCUT2D eigenvalue weighted by Gasteiger charge is 2.39. The molecule has 0 amide bonds. The maximum Gasteiger partial charge on any atom is 0.416 e. The number of rotatable bonds is 12. The molecule has 2 heterocycles. The molecule has 2 rings (SSSR count). The summed E-state index contributed by atoms with van der Waals surface area (Å²) in [4.78, 5) is 27.8. The van der Waals surface area contributed by atoms with Gasteiger partial charge in [-0.3, -0.25) is 9.59 Å². The Bertz CT molecular complexity index is 992. The fourth-order valence-corrected chi connectivity index (χ4v) is 19.6. The molecule has 0 aromatic rings. The summed E-state index contributed by atoms with van der Waals surface area (Å²) in [5.74, 6) is -1.26. The van der Waals surface area contributed by atoms with Gasteiger partial charge in [0, 0.05) is 22.4 Å². The molecule has 0 spiro atoms. The number of carbonyl (C=O) groups excluding carboxylic acids is 2. The molecular weight excluding hydrogens is 920 g/mol. The molecule has 5 unspecified atom stereocenters. The first kappa shape index (κ1) is 63.2. The van der Waals surface area contributed by atoms with Crippen molar-refractivity contribution in [2.24, 2.45) is 5.92 Å². The zero-order chi connectivity index (χ0) is 46.1. The van der Waals surface area contributed by atoms with Crippen LogP contribution in [0.3, 0.4) is 0 Å². The SMILES string of the molecule is C[SiH]1O[SiH](C)O[Si](C)(CCCC2CC(=O)OC2=O)OCCCC[Si](C)(CCCOCCC(F)(F)F)O1.FCC(F)(F)F.FCC(F)(F)F.FCOF.FCOF.FF. The fraction of sp³-hybridized carbons (Fsp3) is 0.926. The minimum absolute atomic E-state index is 0.149. The molecule has 5 atom stereocenters. The smallest absolute Gasteiger partial charge is 0.416 e. The fourth-order valence-electron chi connectivity index (χ4n) is 4.62. The number of cyclic esters (lactones) is 2. The largest absolute Gasteiger partial charge is 0.438 e. The minimum atomic E-state index is -4.62. The molecule has 0 aromatic heterocycles. The van der Waals surface area contributed by atoms with Gasteiger partial charge in [-0.1, -0.05) is 12.8 Å². The lowest BCUT2D eigenvalue weighted by molar-refractivity contribution is -0.167. The van der Waals surface area contributed by atoms with Gasteiger partial charge in [-0.2, -0.15) is 49.4 Å². The monoisotopic (exact) mass is 968 g/mol. The Labute approximate surface area is 329 Å². The Hall–Kier alpha value is -1.46. The Kier molecular flexibility index (Phi) is 38.3. The topological polar surface area (TPSA) is 108 Å². The van der Waals surface area contributed by atoms with E-state index in [1.54, 1.807) is 0 Å². The van der Waals surface area contributed by atoms with Crippen molar-refractivity contribution in [1.29, 1.82) is 0 Å². The summed E-state index contributed by atoms with van der Waals surface area (Å²) >= 11 is 0. The summed E-state index contributed by atoms with van der Waals surface area (Å²) in [5.41, 5.74) is 0. The molecule has 10 nitrogen and oxygen atoms in total. The van der Waals surface area contributed by atoms with Crippen LogP contribution in [0.4, 0.5) is 75.3 Å². The number of hydrogen-bond donors (Lipinski definition) is 0. The second-order valence-electron chi connectivity index (χ2n) is 12.0. The second kappa shape index (κ2) is 35.2. The molecule has 0 radical (unpaired) electrons. The first-order valence-corrected chi connectivity index (χ1v) is 26.3. The van der Waals surface area contributed by atoms with Crippen LogP contribution in [-0.4, -0.2) is 113 Å². The third-order valence-corrected chi connectivity index (χ3v) is 21.7. The summed E-state index contributed by atoms with van der Waals surface area (Å²) in [6.45, 7) is 1.61. The highest BCUT2D eigenvalue weighted by atomic mass is 28.5. The summed E-state index contributed by atoms with van der Waals surface area (Å²) in [5, 5.41) is 0. The molecule has 58 heavy (non-hydrogen) atoms. The Morgan fingerprint density at radius 2 is 1.22 bits per heavy atom. The zero-order valence-corrected chi connectivity index (χ0v) is 36.1. The quantitative estimate of drug-likeness (QED) is 0.0617. The average molecular weight is 969 g/mol. The van der Waals surface area contributed by atoms with Crippen LogP contribution in [0.1, 0.15) is 44.9 Å². The number of ether oxygens (including phenoxy) is 2. The van der Waals surface area contributed by atoms with Crippen LogP contribution < -0.4 is 0 Å². The van der Waals surface area contributed by atoms with Gasteiger partial charge < -0.3 is 26.2 Å². The molecule has 2 fully saturated rings. The van der Waals surface area contributed by atoms with Gasteiger partial charge in [0.25, 0.3) is 18.6 Å². The van der Waals surface area contributed by atoms with Crippen LogP contribution in [0.15, 0.2) is 0 Å². The molecule has 2 saturated heterocycles. The van der Waals surface area contributed by atoms with Crippen molar-refractivity contribution in [2.75, 3.05) is 46.9 Å². The van der Waals surface area contributed by atoms with Crippen molar-refractivity contribution >= 4 is 47.4 Å². The van der Waals surface area contributed by atoms with E-state index in [1.165, 1.54) is 0 Å². The average Bonchev–Trinajstić information content (AvgIpc) is 3.45. The van der Waals surface area contributed by atoms with Gasteiger partial charge in [0.1, 0.15) is 0 Å². The molecule has 0 aliphatic carbocycles. The van der Waals surface area contributed by atoms with Gasteiger partial charge in [-0.25, -0.2) is 17.6 Å². The third kappa shape index (κ3) is 42.7. The first-order valence-electron chi connectivity index (χ1n) is 16.8. The van der Waals surface area contributed by atoms with E-state index in [4.69, 9.17) is 30.7 Å². The molecular formula is C27H49F17O10Si4. The van der Waals surface area contributed by atoms with Gasteiger partial charge in [0.15, 0.2) is 21.7 Å². The molecule has 31 heteroatoms. The molecule has 0 aromatic carbocycles. The van der Waals surface area contributed by atoms with Crippen LogP contribution in [0.25, 0.3) is 0 Å². The van der Waals surface area contributed by atoms with Crippen LogP contribution in [0.5, 0.6) is 0 Å². The van der Waals surface area contributed by atoms with Crippen molar-refractivity contribution < 1.29 is 121 Å². The van der Waals surface area contributed by atoms with Gasteiger partial charge in [-0.15, -0.1) is 0 Å². The predicted octanol–water partition coefficient (Wildman–Crippen LogP) is 9.93. The predicted molar refractivity (Wildman–Crippen MR) is 179 cm³/mol. The highest BCUT2D eigenvalue weighted by Crippen LogP contribution is 2.29. The van der Waals surface area contributed by atoms with E-state index in [0.29, 0.717) is 32.1 Å². The maximum absolute atomic E-state index is 12.3. The first-order chi connectivity index (χ1) is 26.7. The van der Waals surface area contributed by atoms with E-state index in [1.807, 2.05) is 19.6 Å². The van der Waals surface area contributed by atoms with Crippen LogP contribution in [0, 0.1) is 5.92 Å². The van der Waals surface area contributed by atoms with E-state index in [9.17, 15) is 75.7 Å². The normalized spacial score (nSPS) is 24.2. The lowest BCUT2D eigenvalue weighted by atomic mass is 10.0. The van der Waals surface area contributed by atoms with Gasteiger partial charge in [0.2, 0.25) is 13.7 Å². The van der Waals surface area contributed by atoms with Crippen molar-refractivity contribution in [1.82, 2.24) is 0 Å². The summed E-state index contributed by atoms with van der Waals surface area (Å²) in [6, 6.07) is 2.46. The molecule has 0 N–H and O–H groups in total. The maximum atomic E-state index is 12.3. The number of hydrogen-bond acceptors (Lipinski definition) is 10. The van der Waals surface area contributed by atoms with Gasteiger partial charge in [-0.05, 0) is 72.6 Å². The second-order valence-corrected chi connectivity index (χ2v) is 24.2. The Balaban J connectivity index is -0.000000541. The van der Waals surface area contributed by atoms with Crippen molar-refractivity contribution in [3.8, 4) is 0 Å². The van der Waals surface area contributed by atoms with Gasteiger partial charge in [0.05, 0.1) is 25.4 Å². The van der Waals surface area contributed by atoms with Gasteiger partial charge >= 0.3 is 39.0 Å². The van der Waals surface area contributed by atoms with E-state index in [-0.39, 0.29) is 18.9 Å². The summed E-state index contributed by atoms with van der Waals surface area (Å²) in [6.07, 6.45) is -10.4. The van der Waals surface area contributed by atoms with Crippen molar-refractivity contribution in [2.45, 2.75) is 108 Å². The van der Waals surface area contributed by atoms with Crippen LogP contribution in [-0.2, 0) is 45.7 Å². The number of halogens is 17. The lowest BCUT2D eigenvalue weighted by Gasteiger charge is -2.35. The molecule has 0 saturated carbocycles. The standard InChI is InChI=1S/C21H41F3O8Si4.2C2H2F4.2CH2F2O.F2/c1-33-30-34(2)32-36(4,16-7-9-18-17-19(25)29-20(18)26)28-12-5-6-14-35(3,31-33)15-8-11-27-13-10-21(22,23)24;2*3-1-2(4,5)6;2*2-1-4-3;1-2/h18,33-34H,5-17H2,1-4H3;2*1H2;2*1H2;. The van der Waals surface area contributed by atoms with E-state index >= 15 is 0 Å². The van der Waals surface area contributed by atoms with Crippen LogP contribution >= 0.6 is 0 Å². The third-order valence-electron chi connectivity index (χ3n) is 6.81. The van der Waals surface area contributed by atoms with Crippen molar-refractivity contribution in [3.05, 3.63) is 0 Å². The van der Waals surface area contributed by atoms with Crippen LogP contribution in [0.2, 0.25) is 44.3 Å². The highest BCUT2D eigenvalue weighted by molar-refractivity contribution is 6.80. The Morgan fingerprint density at radius 1 is 0.741 bits per heavy atom. The summed E-state index contributed by atoms with van der Waals surface area (Å²) < 4.78 is 211. The molecule has 0 bridgehead atoms. The molecule has 352 valence electrons. The zero-order valence-electron chi connectivity index (χ0n) is 31.8. The number of esters is 2. The number of carbonyl (C=O) groups is 2. The van der Waals surface area contributed by atoms with E-state index in [0.717, 1.165) is 31.4 Å². The van der Waals surface area contributed by atoms with E-state index < -0.39 is 99.4 Å².